The second-order valence-corrected chi connectivity index (χ2v) is 4.75. The number of ether oxygens (including phenoxy) is 2. The molecule has 0 saturated heterocycles. The Kier molecular flexibility index (Phi) is 2.70. The molecule has 3 nitrogen and oxygen atoms in total. The third-order valence-corrected chi connectivity index (χ3v) is 3.41. The summed E-state index contributed by atoms with van der Waals surface area (Å²) in [5.74, 6) is 0.782. The van der Waals surface area contributed by atoms with Gasteiger partial charge in [0, 0.05) is 12.2 Å². The predicted octanol–water partition coefficient (Wildman–Crippen LogP) is 2.69. The third-order valence-electron chi connectivity index (χ3n) is 3.15. The van der Waals surface area contributed by atoms with Gasteiger partial charge in [-0.2, -0.15) is 0 Å². The van der Waals surface area contributed by atoms with Crippen molar-refractivity contribution in [3.63, 3.8) is 0 Å². The van der Waals surface area contributed by atoms with Crippen LogP contribution in [0.15, 0.2) is 0 Å². The number of rotatable bonds is 1. The van der Waals surface area contributed by atoms with Crippen molar-refractivity contribution in [1.82, 2.24) is 0 Å². The van der Waals surface area contributed by atoms with Crippen molar-refractivity contribution in [3.05, 3.63) is 0 Å². The summed E-state index contributed by atoms with van der Waals surface area (Å²) in [5, 5.41) is -0.786. The highest BCUT2D eigenvalue weighted by atomic mass is 32.1. The van der Waals surface area contributed by atoms with E-state index in [1.165, 1.54) is 12.8 Å². The van der Waals surface area contributed by atoms with Crippen molar-refractivity contribution >= 4 is 35.4 Å². The number of fused-ring (bicyclic) bond motifs is 2. The molecule has 0 aromatic carbocycles. The summed E-state index contributed by atoms with van der Waals surface area (Å²) in [6, 6.07) is 0. The molecule has 0 atom stereocenters. The smallest absolute Gasteiger partial charge is 0.372 e. The fourth-order valence-electron chi connectivity index (χ4n) is 2.55. The van der Waals surface area contributed by atoms with E-state index in [-0.39, 0.29) is 10.8 Å². The van der Waals surface area contributed by atoms with Crippen LogP contribution in [-0.4, -0.2) is 16.1 Å². The number of carbonyl (C=O) groups is 1. The quantitative estimate of drug-likeness (QED) is 0.428. The molecule has 5 heteroatoms. The fraction of sp³-hybridized carbons (Fsp3) is 0.778. The van der Waals surface area contributed by atoms with Crippen molar-refractivity contribution in [2.24, 2.45) is 5.92 Å². The van der Waals surface area contributed by atoms with Gasteiger partial charge in [0.25, 0.3) is 0 Å². The summed E-state index contributed by atoms with van der Waals surface area (Å²) < 4.78 is 10.1. The van der Waals surface area contributed by atoms with Crippen LogP contribution in [0.5, 0.6) is 0 Å². The Balaban J connectivity index is 1.90. The van der Waals surface area contributed by atoms with Crippen LogP contribution in [-0.2, 0) is 9.47 Å². The van der Waals surface area contributed by atoms with Gasteiger partial charge in [0.2, 0.25) is 0 Å². The minimum atomic E-state index is -0.709. The van der Waals surface area contributed by atoms with Crippen molar-refractivity contribution < 1.29 is 14.3 Å². The van der Waals surface area contributed by atoms with Gasteiger partial charge in [-0.1, -0.05) is 12.6 Å². The molecule has 2 saturated carbocycles. The van der Waals surface area contributed by atoms with Crippen molar-refractivity contribution in [2.45, 2.75) is 37.7 Å². The Morgan fingerprint density at radius 1 is 1.43 bits per heavy atom. The molecule has 2 rings (SSSR count). The first kappa shape index (κ1) is 10.2. The van der Waals surface area contributed by atoms with E-state index in [4.69, 9.17) is 17.0 Å². The molecule has 0 aliphatic heterocycles. The lowest BCUT2D eigenvalue weighted by atomic mass is 9.97. The third kappa shape index (κ3) is 2.03. The molecule has 0 aromatic heterocycles. The highest BCUT2D eigenvalue weighted by molar-refractivity contribution is 7.96. The van der Waals surface area contributed by atoms with Crippen molar-refractivity contribution in [1.29, 1.82) is 0 Å². The maximum absolute atomic E-state index is 10.5. The topological polar surface area (TPSA) is 35.5 Å². The van der Waals surface area contributed by atoms with Gasteiger partial charge in [-0.3, -0.25) is 0 Å². The van der Waals surface area contributed by atoms with Gasteiger partial charge in [0.05, 0.1) is 0 Å². The van der Waals surface area contributed by atoms with Gasteiger partial charge in [-0.15, -0.1) is 0 Å². The normalized spacial score (nSPS) is 34.2. The predicted molar refractivity (Wildman–Crippen MR) is 58.5 cm³/mol. The molecule has 2 aliphatic rings. The average Bonchev–Trinajstić information content (AvgIpc) is 2.60. The second-order valence-electron chi connectivity index (χ2n) is 4.05. The van der Waals surface area contributed by atoms with Crippen molar-refractivity contribution in [3.8, 4) is 0 Å². The zero-order valence-electron chi connectivity index (χ0n) is 7.69. The Labute approximate surface area is 93.5 Å². The van der Waals surface area contributed by atoms with Crippen LogP contribution in [0.2, 0.25) is 0 Å². The average molecular weight is 232 g/mol. The first-order valence-corrected chi connectivity index (χ1v) is 5.59. The number of thiocarbonyl (C=S) groups is 1. The molecular formula is C9H12O3S2. The van der Waals surface area contributed by atoms with E-state index in [9.17, 15) is 4.79 Å². The van der Waals surface area contributed by atoms with Gasteiger partial charge in [-0.25, -0.2) is 4.79 Å². The zero-order valence-corrected chi connectivity index (χ0v) is 9.40. The number of thiol groups is 1. The standard InChI is InChI=1S/C9H12O3S2/c10-7(13)11-8(14)12-9-3-1-6(5-9)2-4-9/h6H,1-5H2,(H,10,13). The molecule has 0 N–H and O–H groups in total. The molecular weight excluding hydrogens is 220 g/mol. The first-order chi connectivity index (χ1) is 6.60. The van der Waals surface area contributed by atoms with E-state index >= 15 is 0 Å². The highest BCUT2D eigenvalue weighted by Gasteiger charge is 2.47. The van der Waals surface area contributed by atoms with E-state index in [2.05, 4.69) is 17.4 Å². The lowest BCUT2D eigenvalue weighted by molar-refractivity contribution is 0.0428. The largest absolute Gasteiger partial charge is 0.450 e. The summed E-state index contributed by atoms with van der Waals surface area (Å²) in [4.78, 5) is 10.5. The molecule has 0 unspecified atom stereocenters. The zero-order chi connectivity index (χ0) is 10.2. The SMILES string of the molecule is O=C(S)OC(=S)OC12CCC(CC1)C2. The first-order valence-electron chi connectivity index (χ1n) is 4.73. The van der Waals surface area contributed by atoms with Gasteiger partial charge in [0.15, 0.2) is 0 Å². The summed E-state index contributed by atoms with van der Waals surface area (Å²) in [5.41, 5.74) is -0.134. The van der Waals surface area contributed by atoms with Crippen LogP contribution in [0.1, 0.15) is 32.1 Å². The lowest BCUT2D eigenvalue weighted by Gasteiger charge is -2.26. The molecule has 2 aliphatic carbocycles. The molecule has 0 heterocycles. The van der Waals surface area contributed by atoms with Crippen LogP contribution >= 0.6 is 24.8 Å². The van der Waals surface area contributed by atoms with Crippen LogP contribution in [0.4, 0.5) is 4.79 Å². The van der Waals surface area contributed by atoms with Gasteiger partial charge in [0.1, 0.15) is 5.60 Å². The van der Waals surface area contributed by atoms with E-state index < -0.39 is 5.30 Å². The maximum Gasteiger partial charge on any atom is 0.372 e. The molecule has 0 spiro atoms. The minimum absolute atomic E-state index is 0.0763. The molecule has 0 radical (unpaired) electrons. The number of hydrogen-bond acceptors (Lipinski definition) is 4. The molecule has 0 amide bonds. The fourth-order valence-corrected chi connectivity index (χ4v) is 2.95. The number of hydrogen-bond donors (Lipinski definition) is 1. The van der Waals surface area contributed by atoms with E-state index in [1.54, 1.807) is 0 Å². The molecule has 78 valence electrons. The molecule has 14 heavy (non-hydrogen) atoms. The van der Waals surface area contributed by atoms with Crippen molar-refractivity contribution in [2.75, 3.05) is 0 Å². The van der Waals surface area contributed by atoms with Crippen LogP contribution in [0.3, 0.4) is 0 Å². The van der Waals surface area contributed by atoms with Crippen LogP contribution in [0, 0.1) is 5.92 Å². The summed E-state index contributed by atoms with van der Waals surface area (Å²) >= 11 is 8.28. The van der Waals surface area contributed by atoms with Gasteiger partial charge < -0.3 is 9.47 Å². The Morgan fingerprint density at radius 2 is 2.07 bits per heavy atom. The van der Waals surface area contributed by atoms with Crippen LogP contribution in [0.25, 0.3) is 0 Å². The maximum atomic E-state index is 10.5. The molecule has 2 bridgehead atoms. The number of carbonyl (C=O) groups excluding carboxylic acids is 1. The summed E-state index contributed by atoms with van der Waals surface area (Å²) in [6.07, 6.45) is 5.52. The second kappa shape index (κ2) is 3.70. The summed E-state index contributed by atoms with van der Waals surface area (Å²) in [7, 11) is 0. The van der Waals surface area contributed by atoms with Gasteiger partial charge >= 0.3 is 10.5 Å². The Bertz CT molecular complexity index is 269. The van der Waals surface area contributed by atoms with Crippen LogP contribution < -0.4 is 0 Å². The van der Waals surface area contributed by atoms with E-state index in [0.29, 0.717) is 0 Å². The minimum Gasteiger partial charge on any atom is -0.450 e. The van der Waals surface area contributed by atoms with E-state index in [1.807, 2.05) is 0 Å². The van der Waals surface area contributed by atoms with E-state index in [0.717, 1.165) is 25.2 Å². The Morgan fingerprint density at radius 3 is 2.50 bits per heavy atom. The molecule has 0 aromatic rings. The summed E-state index contributed by atoms with van der Waals surface area (Å²) in [6.45, 7) is 0. The Hall–Kier alpha value is -0.290. The lowest BCUT2D eigenvalue weighted by Crippen LogP contribution is -2.30. The highest BCUT2D eigenvalue weighted by Crippen LogP contribution is 2.50. The molecule has 2 fully saturated rings. The van der Waals surface area contributed by atoms with Gasteiger partial charge in [-0.05, 0) is 38.0 Å². The monoisotopic (exact) mass is 232 g/mol.